The lowest BCUT2D eigenvalue weighted by Gasteiger charge is -2.13. The van der Waals surface area contributed by atoms with E-state index in [4.69, 9.17) is 4.52 Å². The van der Waals surface area contributed by atoms with Gasteiger partial charge >= 0.3 is 0 Å². The molecule has 1 atom stereocenters. The standard InChI is InChI=1S/C20H22N4O3/c1-5-17(20-22-13(4)24-27-20)23-18(25)15-8-6-7-14(10-15)16-9-11(2)12(3)21-19(16)26/h6-10,17H,5H2,1-4H3,(H,21,26)(H,23,25). The van der Waals surface area contributed by atoms with E-state index >= 15 is 0 Å². The lowest BCUT2D eigenvalue weighted by atomic mass is 10.0. The van der Waals surface area contributed by atoms with Crippen LogP contribution in [-0.4, -0.2) is 21.0 Å². The summed E-state index contributed by atoms with van der Waals surface area (Å²) in [5.74, 6) is 0.638. The molecule has 7 nitrogen and oxygen atoms in total. The van der Waals surface area contributed by atoms with E-state index in [9.17, 15) is 9.59 Å². The van der Waals surface area contributed by atoms with Gasteiger partial charge in [-0.1, -0.05) is 24.2 Å². The van der Waals surface area contributed by atoms with Crippen LogP contribution in [-0.2, 0) is 0 Å². The molecule has 0 radical (unpaired) electrons. The molecule has 2 heterocycles. The molecule has 3 aromatic rings. The van der Waals surface area contributed by atoms with Crippen LogP contribution in [0.15, 0.2) is 39.6 Å². The van der Waals surface area contributed by atoms with Gasteiger partial charge in [-0.15, -0.1) is 0 Å². The van der Waals surface area contributed by atoms with Crippen LogP contribution in [0.2, 0.25) is 0 Å². The van der Waals surface area contributed by atoms with E-state index < -0.39 is 0 Å². The Bertz CT molecular complexity index is 1040. The molecule has 0 saturated heterocycles. The summed E-state index contributed by atoms with van der Waals surface area (Å²) < 4.78 is 5.17. The number of nitrogens with zero attached hydrogens (tertiary/aromatic N) is 2. The van der Waals surface area contributed by atoms with Crippen LogP contribution >= 0.6 is 0 Å². The van der Waals surface area contributed by atoms with Gasteiger partial charge in [-0.25, -0.2) is 0 Å². The minimum Gasteiger partial charge on any atom is -0.340 e. The molecule has 0 fully saturated rings. The summed E-state index contributed by atoms with van der Waals surface area (Å²) in [6.07, 6.45) is 0.615. The second-order valence-electron chi connectivity index (χ2n) is 6.52. The van der Waals surface area contributed by atoms with Crippen LogP contribution in [0.1, 0.15) is 52.7 Å². The molecular formula is C20H22N4O3. The van der Waals surface area contributed by atoms with Crippen molar-refractivity contribution in [2.75, 3.05) is 0 Å². The predicted octanol–water partition coefficient (Wildman–Crippen LogP) is 3.23. The fourth-order valence-electron chi connectivity index (χ4n) is 2.80. The third kappa shape index (κ3) is 3.97. The SMILES string of the molecule is CCC(NC(=O)c1cccc(-c2cc(C)c(C)[nH]c2=O)c1)c1nc(C)no1. The number of hydrogen-bond donors (Lipinski definition) is 2. The van der Waals surface area contributed by atoms with Crippen molar-refractivity contribution < 1.29 is 9.32 Å². The molecule has 0 bridgehead atoms. The van der Waals surface area contributed by atoms with E-state index in [1.165, 1.54) is 0 Å². The van der Waals surface area contributed by atoms with Gasteiger partial charge in [0.25, 0.3) is 11.5 Å². The van der Waals surface area contributed by atoms with Crippen molar-refractivity contribution in [1.29, 1.82) is 0 Å². The maximum Gasteiger partial charge on any atom is 0.256 e. The second-order valence-corrected chi connectivity index (χ2v) is 6.52. The highest BCUT2D eigenvalue weighted by molar-refractivity contribution is 5.95. The number of nitrogens with one attached hydrogen (secondary N) is 2. The fraction of sp³-hybridized carbons (Fsp3) is 0.300. The first kappa shape index (κ1) is 18.6. The Balaban J connectivity index is 1.88. The number of benzene rings is 1. The number of aryl methyl sites for hydroxylation is 3. The summed E-state index contributed by atoms with van der Waals surface area (Å²) in [5, 5.41) is 6.67. The molecule has 0 aliphatic rings. The van der Waals surface area contributed by atoms with E-state index in [2.05, 4.69) is 20.4 Å². The van der Waals surface area contributed by atoms with Gasteiger partial charge in [-0.3, -0.25) is 9.59 Å². The van der Waals surface area contributed by atoms with Crippen LogP contribution in [0.4, 0.5) is 0 Å². The minimum atomic E-state index is -0.368. The molecule has 1 amide bonds. The highest BCUT2D eigenvalue weighted by Crippen LogP contribution is 2.20. The van der Waals surface area contributed by atoms with Crippen LogP contribution in [0.3, 0.4) is 0 Å². The Morgan fingerprint density at radius 1 is 1.26 bits per heavy atom. The molecule has 0 saturated carbocycles. The van der Waals surface area contributed by atoms with Crippen molar-refractivity contribution in [1.82, 2.24) is 20.4 Å². The molecule has 3 rings (SSSR count). The number of pyridine rings is 1. The smallest absolute Gasteiger partial charge is 0.256 e. The molecule has 140 valence electrons. The first-order chi connectivity index (χ1) is 12.9. The Morgan fingerprint density at radius 2 is 2.04 bits per heavy atom. The van der Waals surface area contributed by atoms with Gasteiger partial charge in [0.2, 0.25) is 5.89 Å². The van der Waals surface area contributed by atoms with Crippen molar-refractivity contribution in [3.63, 3.8) is 0 Å². The number of amides is 1. The summed E-state index contributed by atoms with van der Waals surface area (Å²) >= 11 is 0. The van der Waals surface area contributed by atoms with Crippen molar-refractivity contribution in [3.8, 4) is 11.1 Å². The second kappa shape index (κ2) is 7.57. The van der Waals surface area contributed by atoms with Gasteiger partial charge in [0.05, 0.1) is 0 Å². The first-order valence-corrected chi connectivity index (χ1v) is 8.81. The summed E-state index contributed by atoms with van der Waals surface area (Å²) in [6, 6.07) is 8.46. The minimum absolute atomic E-state index is 0.177. The zero-order chi connectivity index (χ0) is 19.6. The average Bonchev–Trinajstić information content (AvgIpc) is 3.08. The van der Waals surface area contributed by atoms with Gasteiger partial charge in [0.15, 0.2) is 5.82 Å². The number of aromatic nitrogens is 3. The molecule has 0 aliphatic carbocycles. The van der Waals surface area contributed by atoms with Crippen LogP contribution in [0, 0.1) is 20.8 Å². The third-order valence-corrected chi connectivity index (χ3v) is 4.49. The highest BCUT2D eigenvalue weighted by Gasteiger charge is 2.20. The number of hydrogen-bond acceptors (Lipinski definition) is 5. The highest BCUT2D eigenvalue weighted by atomic mass is 16.5. The van der Waals surface area contributed by atoms with Crippen LogP contribution in [0.5, 0.6) is 0 Å². The zero-order valence-electron chi connectivity index (χ0n) is 15.8. The quantitative estimate of drug-likeness (QED) is 0.722. The normalized spacial score (nSPS) is 12.0. The van der Waals surface area contributed by atoms with Crippen molar-refractivity contribution in [3.05, 3.63) is 69.2 Å². The summed E-state index contributed by atoms with van der Waals surface area (Å²) in [6.45, 7) is 7.44. The maximum atomic E-state index is 12.7. The average molecular weight is 366 g/mol. The van der Waals surface area contributed by atoms with Crippen molar-refractivity contribution >= 4 is 5.91 Å². The Hall–Kier alpha value is -3.22. The Kier molecular flexibility index (Phi) is 5.21. The third-order valence-electron chi connectivity index (χ3n) is 4.49. The largest absolute Gasteiger partial charge is 0.340 e. The van der Waals surface area contributed by atoms with Crippen molar-refractivity contribution in [2.24, 2.45) is 0 Å². The number of rotatable bonds is 5. The Labute approximate surface area is 156 Å². The van der Waals surface area contributed by atoms with Crippen LogP contribution in [0.25, 0.3) is 11.1 Å². The van der Waals surface area contributed by atoms with E-state index in [0.717, 1.165) is 11.3 Å². The van der Waals surface area contributed by atoms with Crippen molar-refractivity contribution in [2.45, 2.75) is 40.2 Å². The topological polar surface area (TPSA) is 101 Å². The van der Waals surface area contributed by atoms with E-state index in [1.807, 2.05) is 32.9 Å². The monoisotopic (exact) mass is 366 g/mol. The number of carbonyl (C=O) groups excluding carboxylic acids is 1. The van der Waals surface area contributed by atoms with Gasteiger partial charge in [0, 0.05) is 16.8 Å². The molecule has 7 heteroatoms. The van der Waals surface area contributed by atoms with Crippen LogP contribution < -0.4 is 10.9 Å². The molecule has 2 N–H and O–H groups in total. The maximum absolute atomic E-state index is 12.7. The van der Waals surface area contributed by atoms with E-state index in [1.54, 1.807) is 25.1 Å². The molecule has 1 unspecified atom stereocenters. The zero-order valence-corrected chi connectivity index (χ0v) is 15.8. The lowest BCUT2D eigenvalue weighted by molar-refractivity contribution is 0.0927. The van der Waals surface area contributed by atoms with E-state index in [-0.39, 0.29) is 17.5 Å². The molecule has 2 aromatic heterocycles. The summed E-state index contributed by atoms with van der Waals surface area (Å²) in [7, 11) is 0. The first-order valence-electron chi connectivity index (χ1n) is 8.81. The van der Waals surface area contributed by atoms with Gasteiger partial charge in [0.1, 0.15) is 6.04 Å². The molecule has 1 aromatic carbocycles. The van der Waals surface area contributed by atoms with E-state index in [0.29, 0.717) is 34.8 Å². The fourth-order valence-corrected chi connectivity index (χ4v) is 2.80. The predicted molar refractivity (Wildman–Crippen MR) is 102 cm³/mol. The summed E-state index contributed by atoms with van der Waals surface area (Å²) in [4.78, 5) is 32.0. The van der Waals surface area contributed by atoms with Gasteiger partial charge < -0.3 is 14.8 Å². The van der Waals surface area contributed by atoms with Gasteiger partial charge in [-0.05, 0) is 56.5 Å². The lowest BCUT2D eigenvalue weighted by Crippen LogP contribution is -2.28. The molecule has 27 heavy (non-hydrogen) atoms. The molecule has 0 aliphatic heterocycles. The number of H-pyrrole nitrogens is 1. The van der Waals surface area contributed by atoms with Gasteiger partial charge in [-0.2, -0.15) is 4.98 Å². The molecule has 0 spiro atoms. The Morgan fingerprint density at radius 3 is 2.70 bits per heavy atom. The molecular weight excluding hydrogens is 344 g/mol. The number of aromatic amines is 1. The summed E-state index contributed by atoms with van der Waals surface area (Å²) in [5.41, 5.74) is 3.32. The number of carbonyl (C=O) groups is 1.